The van der Waals surface area contributed by atoms with Gasteiger partial charge in [0.05, 0.1) is 12.2 Å². The lowest BCUT2D eigenvalue weighted by atomic mass is 9.92. The summed E-state index contributed by atoms with van der Waals surface area (Å²) < 4.78 is 6.63. The molecule has 0 aliphatic heterocycles. The van der Waals surface area contributed by atoms with Gasteiger partial charge in [-0.05, 0) is 19.8 Å². The van der Waals surface area contributed by atoms with E-state index in [4.69, 9.17) is 9.84 Å². The van der Waals surface area contributed by atoms with Gasteiger partial charge in [-0.2, -0.15) is 10.2 Å². The van der Waals surface area contributed by atoms with Gasteiger partial charge in [0.1, 0.15) is 11.4 Å². The molecule has 1 aliphatic carbocycles. The zero-order valence-electron chi connectivity index (χ0n) is 11.6. The molecule has 0 spiro atoms. The van der Waals surface area contributed by atoms with Crippen molar-refractivity contribution < 1.29 is 19.4 Å². The van der Waals surface area contributed by atoms with E-state index in [1.807, 2.05) is 0 Å². The fourth-order valence-corrected chi connectivity index (χ4v) is 2.67. The largest absolute Gasteiger partial charge is 0.477 e. The van der Waals surface area contributed by atoms with Crippen molar-refractivity contribution in [2.45, 2.75) is 19.8 Å². The number of fused-ring (bicyclic) bond motifs is 3. The van der Waals surface area contributed by atoms with Gasteiger partial charge in [-0.1, -0.05) is 0 Å². The highest BCUT2D eigenvalue weighted by atomic mass is 16.5. The van der Waals surface area contributed by atoms with E-state index >= 15 is 0 Å². The van der Waals surface area contributed by atoms with Gasteiger partial charge >= 0.3 is 11.9 Å². The molecule has 110 valence electrons. The summed E-state index contributed by atoms with van der Waals surface area (Å²) in [4.78, 5) is 23.2. The number of hydrogen-bond acceptors (Lipinski definition) is 5. The highest BCUT2D eigenvalue weighted by molar-refractivity contribution is 5.98. The lowest BCUT2D eigenvalue weighted by Crippen LogP contribution is -2.11. The van der Waals surface area contributed by atoms with Gasteiger partial charge in [0, 0.05) is 18.3 Å². The highest BCUT2D eigenvalue weighted by Crippen LogP contribution is 2.36. The van der Waals surface area contributed by atoms with E-state index in [1.54, 1.807) is 18.7 Å². The number of nitrogens with zero attached hydrogens (tertiary/aromatic N) is 3. The molecule has 0 saturated heterocycles. The SMILES string of the molecule is CCOC(=O)c1nn(C)c2c1-c1n[nH]c(C(=O)O)c1CC2. The van der Waals surface area contributed by atoms with E-state index < -0.39 is 11.9 Å². The predicted molar refractivity (Wildman–Crippen MR) is 71.1 cm³/mol. The number of rotatable bonds is 3. The molecular weight excluding hydrogens is 276 g/mol. The van der Waals surface area contributed by atoms with Gasteiger partial charge < -0.3 is 9.84 Å². The van der Waals surface area contributed by atoms with E-state index in [0.29, 0.717) is 29.7 Å². The van der Waals surface area contributed by atoms with Gasteiger partial charge in [0.2, 0.25) is 0 Å². The van der Waals surface area contributed by atoms with Crippen LogP contribution < -0.4 is 0 Å². The summed E-state index contributed by atoms with van der Waals surface area (Å²) in [7, 11) is 1.75. The molecule has 2 aromatic heterocycles. The molecule has 21 heavy (non-hydrogen) atoms. The number of carboxylic acid groups (broad SMARTS) is 1. The summed E-state index contributed by atoms with van der Waals surface area (Å²) in [5.41, 5.74) is 2.75. The van der Waals surface area contributed by atoms with Crippen LogP contribution in [0.1, 0.15) is 39.2 Å². The van der Waals surface area contributed by atoms with Crippen molar-refractivity contribution in [2.24, 2.45) is 7.05 Å². The monoisotopic (exact) mass is 290 g/mol. The molecule has 2 N–H and O–H groups in total. The first kappa shape index (κ1) is 13.3. The summed E-state index contributed by atoms with van der Waals surface area (Å²) in [5, 5.41) is 20.0. The number of ether oxygens (including phenoxy) is 1. The number of aryl methyl sites for hydroxylation is 1. The van der Waals surface area contributed by atoms with Gasteiger partial charge in [0.25, 0.3) is 0 Å². The third-order valence-corrected chi connectivity index (χ3v) is 3.56. The summed E-state index contributed by atoms with van der Waals surface area (Å²) in [5.74, 6) is -1.59. The Kier molecular flexibility index (Phi) is 3.00. The Bertz CT molecular complexity index is 744. The van der Waals surface area contributed by atoms with Crippen LogP contribution in [-0.4, -0.2) is 43.6 Å². The minimum absolute atomic E-state index is 0.0642. The second-order valence-electron chi connectivity index (χ2n) is 4.75. The minimum atomic E-state index is -1.06. The molecule has 8 heteroatoms. The molecule has 0 unspecified atom stereocenters. The van der Waals surface area contributed by atoms with E-state index in [9.17, 15) is 9.59 Å². The number of aromatic amines is 1. The van der Waals surface area contributed by atoms with Crippen LogP contribution in [0.25, 0.3) is 11.3 Å². The zero-order chi connectivity index (χ0) is 15.1. The smallest absolute Gasteiger partial charge is 0.359 e. The van der Waals surface area contributed by atoms with Crippen LogP contribution in [0.5, 0.6) is 0 Å². The van der Waals surface area contributed by atoms with Crippen molar-refractivity contribution in [3.63, 3.8) is 0 Å². The predicted octanol–water partition coefficient (Wildman–Crippen LogP) is 0.784. The van der Waals surface area contributed by atoms with Crippen LogP contribution >= 0.6 is 0 Å². The number of esters is 1. The number of H-pyrrole nitrogens is 1. The molecule has 3 rings (SSSR count). The summed E-state index contributed by atoms with van der Waals surface area (Å²) in [6.07, 6.45) is 1.15. The van der Waals surface area contributed by atoms with Crippen molar-refractivity contribution in [2.75, 3.05) is 6.61 Å². The van der Waals surface area contributed by atoms with Gasteiger partial charge in [0.15, 0.2) is 5.69 Å². The maximum Gasteiger partial charge on any atom is 0.359 e. The van der Waals surface area contributed by atoms with E-state index in [0.717, 1.165) is 5.69 Å². The van der Waals surface area contributed by atoms with E-state index in [1.165, 1.54) is 0 Å². The molecule has 1 aliphatic rings. The first-order valence-corrected chi connectivity index (χ1v) is 6.58. The Hall–Kier alpha value is -2.64. The molecule has 8 nitrogen and oxygen atoms in total. The Balaban J connectivity index is 2.19. The van der Waals surface area contributed by atoms with Gasteiger partial charge in [-0.25, -0.2) is 9.59 Å². The van der Waals surface area contributed by atoms with Crippen molar-refractivity contribution in [3.8, 4) is 11.3 Å². The number of carbonyl (C=O) groups excluding carboxylic acids is 1. The number of aromatic nitrogens is 4. The quantitative estimate of drug-likeness (QED) is 0.808. The van der Waals surface area contributed by atoms with Crippen molar-refractivity contribution >= 4 is 11.9 Å². The van der Waals surface area contributed by atoms with Crippen LogP contribution in [0.2, 0.25) is 0 Å². The summed E-state index contributed by atoms with van der Waals surface area (Å²) >= 11 is 0. The first-order valence-electron chi connectivity index (χ1n) is 6.58. The normalized spacial score (nSPS) is 12.7. The zero-order valence-corrected chi connectivity index (χ0v) is 11.6. The molecule has 0 fully saturated rings. The average molecular weight is 290 g/mol. The number of nitrogens with one attached hydrogen (secondary N) is 1. The molecule has 0 atom stereocenters. The van der Waals surface area contributed by atoms with E-state index in [-0.39, 0.29) is 18.0 Å². The standard InChI is InChI=1S/C13H14N4O4/c1-3-21-13(20)11-8-7(17(2)16-11)5-4-6-9(8)14-15-10(6)12(18)19/h3-5H2,1-2H3,(H,14,15)(H,18,19). The van der Waals surface area contributed by atoms with Crippen LogP contribution in [0.4, 0.5) is 0 Å². The van der Waals surface area contributed by atoms with E-state index in [2.05, 4.69) is 15.3 Å². The number of hydrogen-bond donors (Lipinski definition) is 2. The van der Waals surface area contributed by atoms with Gasteiger partial charge in [-0.3, -0.25) is 9.78 Å². The summed E-state index contributed by atoms with van der Waals surface area (Å²) in [6, 6.07) is 0. The Morgan fingerprint density at radius 1 is 1.43 bits per heavy atom. The maximum atomic E-state index is 12.0. The number of carboxylic acids is 1. The second kappa shape index (κ2) is 4.72. The Morgan fingerprint density at radius 3 is 2.86 bits per heavy atom. The topological polar surface area (TPSA) is 110 Å². The fourth-order valence-electron chi connectivity index (χ4n) is 2.67. The third kappa shape index (κ3) is 1.91. The van der Waals surface area contributed by atoms with Crippen LogP contribution in [0.15, 0.2) is 0 Å². The highest BCUT2D eigenvalue weighted by Gasteiger charge is 2.33. The van der Waals surface area contributed by atoms with Crippen molar-refractivity contribution in [3.05, 3.63) is 22.6 Å². The van der Waals surface area contributed by atoms with Crippen LogP contribution in [-0.2, 0) is 24.6 Å². The lowest BCUT2D eigenvalue weighted by molar-refractivity contribution is 0.0519. The molecule has 0 aromatic carbocycles. The Morgan fingerprint density at radius 2 is 2.19 bits per heavy atom. The van der Waals surface area contributed by atoms with Crippen LogP contribution in [0, 0.1) is 0 Å². The molecule has 0 radical (unpaired) electrons. The van der Waals surface area contributed by atoms with Crippen molar-refractivity contribution in [1.29, 1.82) is 0 Å². The van der Waals surface area contributed by atoms with Gasteiger partial charge in [-0.15, -0.1) is 0 Å². The van der Waals surface area contributed by atoms with Crippen LogP contribution in [0.3, 0.4) is 0 Å². The molecular formula is C13H14N4O4. The van der Waals surface area contributed by atoms with Crippen molar-refractivity contribution in [1.82, 2.24) is 20.0 Å². The average Bonchev–Trinajstić information content (AvgIpc) is 3.00. The molecule has 0 bridgehead atoms. The molecule has 2 aromatic rings. The molecule has 0 saturated carbocycles. The number of aromatic carboxylic acids is 1. The lowest BCUT2D eigenvalue weighted by Gasteiger charge is -2.13. The molecule has 2 heterocycles. The fraction of sp³-hybridized carbons (Fsp3) is 0.385. The number of carbonyl (C=O) groups is 2. The second-order valence-corrected chi connectivity index (χ2v) is 4.75. The minimum Gasteiger partial charge on any atom is -0.477 e. The maximum absolute atomic E-state index is 12.0. The molecule has 0 amide bonds. The Labute approximate surface area is 119 Å². The third-order valence-electron chi connectivity index (χ3n) is 3.56. The first-order chi connectivity index (χ1) is 10.0. The summed E-state index contributed by atoms with van der Waals surface area (Å²) in [6.45, 7) is 1.97.